The maximum Gasteiger partial charge on any atom is 0.142 e. The van der Waals surface area contributed by atoms with E-state index < -0.39 is 0 Å². The van der Waals surface area contributed by atoms with E-state index in [2.05, 4.69) is 0 Å². The highest BCUT2D eigenvalue weighted by atomic mass is 16.5. The van der Waals surface area contributed by atoms with Crippen LogP contribution in [0.2, 0.25) is 0 Å². The van der Waals surface area contributed by atoms with Gasteiger partial charge in [0.2, 0.25) is 0 Å². The van der Waals surface area contributed by atoms with Crippen molar-refractivity contribution in [1.29, 1.82) is 0 Å². The predicted molar refractivity (Wildman–Crippen MR) is 104 cm³/mol. The van der Waals surface area contributed by atoms with Crippen LogP contribution in [0.3, 0.4) is 0 Å². The second-order valence-electron chi connectivity index (χ2n) is 5.76. The quantitative estimate of drug-likeness (QED) is 0.439. The maximum atomic E-state index is 10.6. The number of aldehydes is 1. The topological polar surface area (TPSA) is 35.5 Å². The van der Waals surface area contributed by atoms with Gasteiger partial charge in [0, 0.05) is 11.6 Å². The Morgan fingerprint density at radius 1 is 0.923 bits per heavy atom. The Labute approximate surface area is 153 Å². The van der Waals surface area contributed by atoms with E-state index in [0.717, 1.165) is 40.0 Å². The maximum absolute atomic E-state index is 10.6. The lowest BCUT2D eigenvalue weighted by Gasteiger charge is -2.14. The Morgan fingerprint density at radius 3 is 2.54 bits per heavy atom. The molecule has 0 aromatic heterocycles. The van der Waals surface area contributed by atoms with E-state index in [0.29, 0.717) is 6.61 Å². The summed E-state index contributed by atoms with van der Waals surface area (Å²) in [6.07, 6.45) is 4.04. The van der Waals surface area contributed by atoms with Crippen LogP contribution >= 0.6 is 0 Å². The first kappa shape index (κ1) is 17.5. The van der Waals surface area contributed by atoms with Crippen LogP contribution in [0, 0.1) is 0 Å². The van der Waals surface area contributed by atoms with E-state index >= 15 is 0 Å². The van der Waals surface area contributed by atoms with Crippen molar-refractivity contribution < 1.29 is 14.3 Å². The summed E-state index contributed by atoms with van der Waals surface area (Å²) < 4.78 is 11.4. The van der Waals surface area contributed by atoms with Gasteiger partial charge >= 0.3 is 0 Å². The Kier molecular flexibility index (Phi) is 5.84. The molecule has 0 atom stereocenters. The summed E-state index contributed by atoms with van der Waals surface area (Å²) in [4.78, 5) is 10.6. The molecule has 0 unspecified atom stereocenters. The molecule has 0 bridgehead atoms. The van der Waals surface area contributed by atoms with Gasteiger partial charge in [-0.1, -0.05) is 54.6 Å². The zero-order valence-corrected chi connectivity index (χ0v) is 14.6. The molecule has 0 aliphatic heterocycles. The fourth-order valence-corrected chi connectivity index (χ4v) is 2.68. The molecule has 3 aromatic rings. The van der Waals surface area contributed by atoms with Crippen LogP contribution in [0.25, 0.3) is 17.2 Å². The lowest BCUT2D eigenvalue weighted by Crippen LogP contribution is -1.97. The minimum atomic E-state index is 0.478. The Hall–Kier alpha value is -3.33. The van der Waals surface area contributed by atoms with Crippen LogP contribution in [0.4, 0.5) is 0 Å². The molecule has 3 aromatic carbocycles. The van der Waals surface area contributed by atoms with Gasteiger partial charge in [-0.05, 0) is 41.0 Å². The van der Waals surface area contributed by atoms with Crippen molar-refractivity contribution in [3.8, 4) is 22.6 Å². The van der Waals surface area contributed by atoms with Gasteiger partial charge in [-0.25, -0.2) is 0 Å². The molecule has 0 aliphatic carbocycles. The third-order valence-electron chi connectivity index (χ3n) is 3.99. The fraction of sp³-hybridized carbons (Fsp3) is 0.0870. The Morgan fingerprint density at radius 2 is 1.77 bits per heavy atom. The molecule has 3 heteroatoms. The van der Waals surface area contributed by atoms with Gasteiger partial charge in [0.1, 0.15) is 24.4 Å². The van der Waals surface area contributed by atoms with Crippen molar-refractivity contribution in [3.63, 3.8) is 0 Å². The lowest BCUT2D eigenvalue weighted by molar-refractivity contribution is -0.104. The zero-order valence-electron chi connectivity index (χ0n) is 14.6. The number of benzene rings is 3. The van der Waals surface area contributed by atoms with Gasteiger partial charge in [0.15, 0.2) is 0 Å². The smallest absolute Gasteiger partial charge is 0.142 e. The average Bonchev–Trinajstić information content (AvgIpc) is 2.71. The van der Waals surface area contributed by atoms with E-state index in [1.54, 1.807) is 13.2 Å². The summed E-state index contributed by atoms with van der Waals surface area (Å²) in [6.45, 7) is 0.478. The molecule has 0 radical (unpaired) electrons. The number of methoxy groups -OCH3 is 1. The van der Waals surface area contributed by atoms with E-state index in [-0.39, 0.29) is 0 Å². The van der Waals surface area contributed by atoms with Crippen molar-refractivity contribution in [3.05, 3.63) is 90.0 Å². The first-order chi connectivity index (χ1) is 12.8. The summed E-state index contributed by atoms with van der Waals surface area (Å²) >= 11 is 0. The summed E-state index contributed by atoms with van der Waals surface area (Å²) in [5.41, 5.74) is 4.05. The van der Waals surface area contributed by atoms with Crippen molar-refractivity contribution in [1.82, 2.24) is 0 Å². The molecule has 130 valence electrons. The van der Waals surface area contributed by atoms with E-state index in [1.165, 1.54) is 6.08 Å². The van der Waals surface area contributed by atoms with Crippen molar-refractivity contribution in [2.24, 2.45) is 0 Å². The minimum absolute atomic E-state index is 0.478. The van der Waals surface area contributed by atoms with E-state index in [1.807, 2.05) is 72.8 Å². The van der Waals surface area contributed by atoms with Crippen molar-refractivity contribution in [2.75, 3.05) is 7.11 Å². The lowest BCUT2D eigenvalue weighted by atomic mass is 10.0. The first-order valence-corrected chi connectivity index (χ1v) is 8.37. The van der Waals surface area contributed by atoms with Gasteiger partial charge in [-0.2, -0.15) is 0 Å². The minimum Gasteiger partial charge on any atom is -0.497 e. The summed E-state index contributed by atoms with van der Waals surface area (Å²) in [5.74, 6) is 1.50. The van der Waals surface area contributed by atoms with Crippen molar-refractivity contribution in [2.45, 2.75) is 6.61 Å². The SMILES string of the molecule is COc1ccc(-c2cccc(/C=C/C=O)c2)c(OCc2ccccc2)c1. The second-order valence-corrected chi connectivity index (χ2v) is 5.76. The third-order valence-corrected chi connectivity index (χ3v) is 3.99. The van der Waals surface area contributed by atoms with Gasteiger partial charge in [0.25, 0.3) is 0 Å². The molecular formula is C23H20O3. The Bertz CT molecular complexity index is 898. The molecule has 26 heavy (non-hydrogen) atoms. The van der Waals surface area contributed by atoms with Crippen LogP contribution in [0.15, 0.2) is 78.9 Å². The molecule has 0 heterocycles. The van der Waals surface area contributed by atoms with Crippen molar-refractivity contribution >= 4 is 12.4 Å². The predicted octanol–water partition coefficient (Wildman–Crippen LogP) is 5.15. The number of ether oxygens (including phenoxy) is 2. The summed E-state index contributed by atoms with van der Waals surface area (Å²) in [5, 5.41) is 0. The van der Waals surface area contributed by atoms with Gasteiger partial charge in [-0.3, -0.25) is 4.79 Å². The third kappa shape index (κ3) is 4.39. The summed E-state index contributed by atoms with van der Waals surface area (Å²) in [6, 6.07) is 23.8. The number of rotatable bonds is 7. The molecule has 0 aliphatic rings. The number of carbonyl (C=O) groups excluding carboxylic acids is 1. The van der Waals surface area contributed by atoms with Crippen LogP contribution < -0.4 is 9.47 Å². The highest BCUT2D eigenvalue weighted by Crippen LogP contribution is 2.34. The first-order valence-electron chi connectivity index (χ1n) is 8.37. The molecule has 3 nitrogen and oxygen atoms in total. The molecule has 0 fully saturated rings. The van der Waals surface area contributed by atoms with Crippen LogP contribution in [-0.4, -0.2) is 13.4 Å². The van der Waals surface area contributed by atoms with Gasteiger partial charge in [-0.15, -0.1) is 0 Å². The monoisotopic (exact) mass is 344 g/mol. The molecule has 0 spiro atoms. The van der Waals surface area contributed by atoms with Crippen LogP contribution in [0.1, 0.15) is 11.1 Å². The normalized spacial score (nSPS) is 10.7. The average molecular weight is 344 g/mol. The standard InChI is InChI=1S/C23H20O3/c1-25-21-12-13-22(20-11-5-9-18(15-20)10-6-14-24)23(16-21)26-17-19-7-3-2-4-8-19/h2-16H,17H2,1H3/b10-6+. The molecule has 0 amide bonds. The second kappa shape index (κ2) is 8.67. The molecular weight excluding hydrogens is 324 g/mol. The van der Waals surface area contributed by atoms with Gasteiger partial charge < -0.3 is 9.47 Å². The number of hydrogen-bond donors (Lipinski definition) is 0. The molecule has 0 N–H and O–H groups in total. The highest BCUT2D eigenvalue weighted by molar-refractivity contribution is 5.77. The van der Waals surface area contributed by atoms with Crippen LogP contribution in [0.5, 0.6) is 11.5 Å². The molecule has 0 saturated heterocycles. The highest BCUT2D eigenvalue weighted by Gasteiger charge is 2.09. The van der Waals surface area contributed by atoms with Gasteiger partial charge in [0.05, 0.1) is 7.11 Å². The molecule has 3 rings (SSSR count). The number of hydrogen-bond acceptors (Lipinski definition) is 3. The zero-order chi connectivity index (χ0) is 18.2. The fourth-order valence-electron chi connectivity index (χ4n) is 2.68. The number of allylic oxidation sites excluding steroid dienone is 1. The summed E-state index contributed by atoms with van der Waals surface area (Å²) in [7, 11) is 1.64. The Balaban J connectivity index is 1.93. The largest absolute Gasteiger partial charge is 0.497 e. The molecule has 0 saturated carbocycles. The van der Waals surface area contributed by atoms with E-state index in [4.69, 9.17) is 9.47 Å². The van der Waals surface area contributed by atoms with Crippen LogP contribution in [-0.2, 0) is 11.4 Å². The van der Waals surface area contributed by atoms with E-state index in [9.17, 15) is 4.79 Å². The number of carbonyl (C=O) groups is 1.